The molecule has 1 aliphatic rings. The molecule has 0 aliphatic carbocycles. The number of imidazole rings is 1. The minimum Gasteiger partial charge on any atom is -0.497 e. The number of anilines is 1. The summed E-state index contributed by atoms with van der Waals surface area (Å²) in [6.07, 6.45) is 5.03. The van der Waals surface area contributed by atoms with E-state index in [-0.39, 0.29) is 49.8 Å². The number of methoxy groups -OCH3 is 1. The molecule has 0 saturated carbocycles. The second kappa shape index (κ2) is 17.2. The van der Waals surface area contributed by atoms with Gasteiger partial charge in [-0.3, -0.25) is 14.4 Å². The predicted octanol–water partition coefficient (Wildman–Crippen LogP) is 3.96. The van der Waals surface area contributed by atoms with E-state index in [4.69, 9.17) is 15.2 Å². The van der Waals surface area contributed by atoms with E-state index in [9.17, 15) is 14.4 Å². The third-order valence-corrected chi connectivity index (χ3v) is 7.49. The summed E-state index contributed by atoms with van der Waals surface area (Å²) in [5.74, 6) is 0.357. The van der Waals surface area contributed by atoms with Crippen LogP contribution in [0.2, 0.25) is 0 Å². The number of nitrogens with zero attached hydrogens (tertiary/aromatic N) is 3. The quantitative estimate of drug-likeness (QED) is 0.267. The lowest BCUT2D eigenvalue weighted by Gasteiger charge is -2.33. The fraction of sp³-hybridized carbons (Fsp3) is 0.438. The Balaban J connectivity index is 0.00000353. The maximum atomic E-state index is 13.9. The fourth-order valence-electron chi connectivity index (χ4n) is 4.81. The second-order valence-electron chi connectivity index (χ2n) is 11.6. The van der Waals surface area contributed by atoms with Gasteiger partial charge in [-0.1, -0.05) is 49.4 Å². The van der Waals surface area contributed by atoms with Crippen molar-refractivity contribution in [3.05, 3.63) is 78.2 Å². The summed E-state index contributed by atoms with van der Waals surface area (Å²) in [4.78, 5) is 46.2. The zero-order valence-corrected chi connectivity index (χ0v) is 27.7. The summed E-state index contributed by atoms with van der Waals surface area (Å²) < 4.78 is 12.9. The second-order valence-corrected chi connectivity index (χ2v) is 11.6. The number of halogens is 2. The highest BCUT2D eigenvalue weighted by Crippen LogP contribution is 2.28. The highest BCUT2D eigenvalue weighted by atomic mass is 35.5. The van der Waals surface area contributed by atoms with E-state index in [2.05, 4.69) is 22.5 Å². The van der Waals surface area contributed by atoms with Gasteiger partial charge in [-0.05, 0) is 55.9 Å². The summed E-state index contributed by atoms with van der Waals surface area (Å²) in [6, 6.07) is 15.2. The Morgan fingerprint density at radius 3 is 2.40 bits per heavy atom. The van der Waals surface area contributed by atoms with Gasteiger partial charge in [-0.25, -0.2) is 4.98 Å². The third-order valence-electron chi connectivity index (χ3n) is 7.49. The molecule has 45 heavy (non-hydrogen) atoms. The van der Waals surface area contributed by atoms with Crippen molar-refractivity contribution in [1.29, 1.82) is 0 Å². The lowest BCUT2D eigenvalue weighted by Crippen LogP contribution is -2.56. The minimum atomic E-state index is -1.20. The topological polar surface area (TPSA) is 141 Å². The molecule has 246 valence electrons. The van der Waals surface area contributed by atoms with E-state index in [1.54, 1.807) is 31.7 Å². The number of piperidine rings is 1. The van der Waals surface area contributed by atoms with E-state index in [1.165, 1.54) is 6.33 Å². The Hall–Kier alpha value is -3.64. The van der Waals surface area contributed by atoms with Gasteiger partial charge in [-0.15, -0.1) is 24.8 Å². The van der Waals surface area contributed by atoms with Crippen LogP contribution in [0.15, 0.2) is 67.1 Å². The number of ether oxygens (including phenoxy) is 2. The van der Waals surface area contributed by atoms with Crippen LogP contribution in [-0.4, -0.2) is 70.6 Å². The molecule has 1 aromatic heterocycles. The van der Waals surface area contributed by atoms with E-state index >= 15 is 0 Å². The lowest BCUT2D eigenvalue weighted by atomic mass is 9.97. The van der Waals surface area contributed by atoms with Gasteiger partial charge in [0.2, 0.25) is 11.8 Å². The van der Waals surface area contributed by atoms with Crippen LogP contribution in [-0.2, 0) is 25.7 Å². The molecule has 4 N–H and O–H groups in total. The summed E-state index contributed by atoms with van der Waals surface area (Å²) in [5.41, 5.74) is 6.44. The third kappa shape index (κ3) is 10.5. The number of carbonyl (C=O) groups is 3. The number of nitrogens with one attached hydrogen (secondary N) is 2. The number of benzene rings is 2. The molecule has 1 unspecified atom stereocenters. The highest BCUT2D eigenvalue weighted by Gasteiger charge is 2.32. The molecule has 3 aromatic rings. The van der Waals surface area contributed by atoms with Crippen molar-refractivity contribution in [2.75, 3.05) is 32.1 Å². The molecule has 1 saturated heterocycles. The first kappa shape index (κ1) is 37.5. The summed E-state index contributed by atoms with van der Waals surface area (Å²) in [6.45, 7) is 6.86. The van der Waals surface area contributed by atoms with Gasteiger partial charge in [-0.2, -0.15) is 0 Å². The van der Waals surface area contributed by atoms with E-state index in [0.29, 0.717) is 24.8 Å². The maximum absolute atomic E-state index is 13.9. The minimum absolute atomic E-state index is 0. The van der Waals surface area contributed by atoms with Gasteiger partial charge in [0, 0.05) is 19.3 Å². The summed E-state index contributed by atoms with van der Waals surface area (Å²) in [5, 5.41) is 5.45. The smallest absolute Gasteiger partial charge is 0.250 e. The van der Waals surface area contributed by atoms with Crippen molar-refractivity contribution < 1.29 is 23.9 Å². The first-order valence-electron chi connectivity index (χ1n) is 14.5. The summed E-state index contributed by atoms with van der Waals surface area (Å²) in [7, 11) is 1.58. The first-order chi connectivity index (χ1) is 20.5. The van der Waals surface area contributed by atoms with Crippen LogP contribution in [0.3, 0.4) is 0 Å². The van der Waals surface area contributed by atoms with Gasteiger partial charge in [0.15, 0.2) is 5.82 Å². The average Bonchev–Trinajstić information content (AvgIpc) is 3.44. The maximum Gasteiger partial charge on any atom is 0.250 e. The van der Waals surface area contributed by atoms with Crippen molar-refractivity contribution in [2.24, 2.45) is 11.7 Å². The van der Waals surface area contributed by atoms with Crippen LogP contribution >= 0.6 is 24.8 Å². The monoisotopic (exact) mass is 662 g/mol. The predicted molar refractivity (Wildman–Crippen MR) is 178 cm³/mol. The number of likely N-dealkylation sites (tertiary alicyclic amines) is 1. The SMILES string of the molecule is COc1cccc(C(C(=O)N2CCC(C)CC2)n2cnc(NC(=O)[C@@H](COCc3ccccc3)NC(=O)C(C)(C)N)c2)c1.Cl.Cl. The van der Waals surface area contributed by atoms with Crippen LogP contribution in [0.25, 0.3) is 0 Å². The van der Waals surface area contributed by atoms with Gasteiger partial charge in [0.1, 0.15) is 17.8 Å². The van der Waals surface area contributed by atoms with E-state index in [0.717, 1.165) is 24.0 Å². The number of carbonyl (C=O) groups excluding carboxylic acids is 3. The Bertz CT molecular complexity index is 1390. The molecule has 0 spiro atoms. The Kier molecular flexibility index (Phi) is 14.3. The normalized spacial score (nSPS) is 14.7. The molecule has 13 heteroatoms. The zero-order valence-electron chi connectivity index (χ0n) is 26.1. The fourth-order valence-corrected chi connectivity index (χ4v) is 4.81. The molecule has 2 aromatic carbocycles. The van der Waals surface area contributed by atoms with E-state index < -0.39 is 29.4 Å². The van der Waals surface area contributed by atoms with Crippen molar-refractivity contribution in [3.63, 3.8) is 0 Å². The van der Waals surface area contributed by atoms with Crippen molar-refractivity contribution in [1.82, 2.24) is 19.8 Å². The molecular formula is C32H44Cl2N6O5. The van der Waals surface area contributed by atoms with Crippen molar-refractivity contribution in [2.45, 2.75) is 57.8 Å². The Morgan fingerprint density at radius 2 is 1.76 bits per heavy atom. The molecule has 1 fully saturated rings. The molecule has 3 amide bonds. The molecule has 0 bridgehead atoms. The Morgan fingerprint density at radius 1 is 1.07 bits per heavy atom. The molecule has 1 aliphatic heterocycles. The molecule has 0 radical (unpaired) electrons. The average molecular weight is 664 g/mol. The van der Waals surface area contributed by atoms with E-state index in [1.807, 2.05) is 59.5 Å². The van der Waals surface area contributed by atoms with Gasteiger partial charge >= 0.3 is 0 Å². The van der Waals surface area contributed by atoms with Crippen LogP contribution in [0.4, 0.5) is 5.82 Å². The molecule has 4 rings (SSSR count). The number of amides is 3. The highest BCUT2D eigenvalue weighted by molar-refractivity contribution is 5.98. The van der Waals surface area contributed by atoms with Crippen LogP contribution in [0.5, 0.6) is 5.75 Å². The molecule has 11 nitrogen and oxygen atoms in total. The first-order valence-corrected chi connectivity index (χ1v) is 14.5. The number of hydrogen-bond acceptors (Lipinski definition) is 7. The number of rotatable bonds is 12. The molecule has 2 heterocycles. The standard InChI is InChI=1S/C32H42N6O5.2ClH/c1-22-13-15-37(16-14-22)30(40)28(24-11-8-12-25(17-24)42-4)38-18-27(34-21-38)36-29(39)26(35-31(41)32(2,3)33)20-43-19-23-9-6-5-7-10-23;;/h5-12,17-18,21-22,26,28H,13-16,19-20,33H2,1-4H3,(H,35,41)(H,36,39);2*1H/t26-,28?;;/m1../s1. The molecular weight excluding hydrogens is 619 g/mol. The lowest BCUT2D eigenvalue weighted by molar-refractivity contribution is -0.135. The number of aromatic nitrogens is 2. The van der Waals surface area contributed by atoms with Gasteiger partial charge in [0.25, 0.3) is 5.91 Å². The van der Waals surface area contributed by atoms with Crippen LogP contribution in [0, 0.1) is 5.92 Å². The largest absolute Gasteiger partial charge is 0.497 e. The van der Waals surface area contributed by atoms with Gasteiger partial charge in [0.05, 0.1) is 32.2 Å². The van der Waals surface area contributed by atoms with Crippen LogP contribution in [0.1, 0.15) is 50.8 Å². The zero-order chi connectivity index (χ0) is 31.0. The Labute approximate surface area is 277 Å². The molecule has 2 atom stereocenters. The number of nitrogens with two attached hydrogens (primary N) is 1. The van der Waals surface area contributed by atoms with Crippen molar-refractivity contribution in [3.8, 4) is 5.75 Å². The van der Waals surface area contributed by atoms with Gasteiger partial charge < -0.3 is 35.3 Å². The van der Waals surface area contributed by atoms with Crippen LogP contribution < -0.4 is 21.1 Å². The summed E-state index contributed by atoms with van der Waals surface area (Å²) >= 11 is 0. The van der Waals surface area contributed by atoms with Crippen molar-refractivity contribution >= 4 is 48.4 Å². The number of hydrogen-bond donors (Lipinski definition) is 3.